The number of rotatable bonds is 4. The summed E-state index contributed by atoms with van der Waals surface area (Å²) in [4.78, 5) is 4.36. The van der Waals surface area contributed by atoms with E-state index in [-0.39, 0.29) is 0 Å². The molecule has 1 aromatic heterocycles. The van der Waals surface area contributed by atoms with Crippen molar-refractivity contribution in [2.24, 2.45) is 0 Å². The quantitative estimate of drug-likeness (QED) is 0.769. The van der Waals surface area contributed by atoms with Crippen LogP contribution >= 0.6 is 11.6 Å². The SMILES string of the molecule is COc1ccc(-c2c(N)cnc3ccc(Cl)cc23)c(OC)c1OC. The van der Waals surface area contributed by atoms with Gasteiger partial charge < -0.3 is 19.9 Å². The molecule has 3 rings (SSSR count). The van der Waals surface area contributed by atoms with E-state index in [1.165, 1.54) is 0 Å². The molecule has 3 aromatic rings. The van der Waals surface area contributed by atoms with Gasteiger partial charge in [-0.2, -0.15) is 0 Å². The van der Waals surface area contributed by atoms with Crippen molar-refractivity contribution in [2.45, 2.75) is 0 Å². The van der Waals surface area contributed by atoms with Crippen LogP contribution in [-0.4, -0.2) is 26.3 Å². The van der Waals surface area contributed by atoms with Gasteiger partial charge >= 0.3 is 0 Å². The topological polar surface area (TPSA) is 66.6 Å². The highest BCUT2D eigenvalue weighted by molar-refractivity contribution is 6.31. The number of ether oxygens (including phenoxy) is 3. The zero-order chi connectivity index (χ0) is 17.3. The number of aromatic nitrogens is 1. The van der Waals surface area contributed by atoms with Gasteiger partial charge in [-0.05, 0) is 30.3 Å². The molecule has 24 heavy (non-hydrogen) atoms. The summed E-state index contributed by atoms with van der Waals surface area (Å²) in [6.07, 6.45) is 1.63. The predicted molar refractivity (Wildman–Crippen MR) is 96.3 cm³/mol. The first kappa shape index (κ1) is 16.2. The monoisotopic (exact) mass is 344 g/mol. The summed E-state index contributed by atoms with van der Waals surface area (Å²) in [6.45, 7) is 0. The van der Waals surface area contributed by atoms with Crippen molar-refractivity contribution in [1.82, 2.24) is 4.98 Å². The summed E-state index contributed by atoms with van der Waals surface area (Å²) in [5.74, 6) is 1.62. The maximum Gasteiger partial charge on any atom is 0.203 e. The molecule has 2 aromatic carbocycles. The summed E-state index contributed by atoms with van der Waals surface area (Å²) in [5, 5.41) is 1.45. The Morgan fingerprint density at radius 3 is 2.38 bits per heavy atom. The Morgan fingerprint density at radius 1 is 0.958 bits per heavy atom. The number of nitrogens with zero attached hydrogens (tertiary/aromatic N) is 1. The minimum atomic E-state index is 0.504. The summed E-state index contributed by atoms with van der Waals surface area (Å²) < 4.78 is 16.4. The molecule has 0 amide bonds. The van der Waals surface area contributed by atoms with Gasteiger partial charge in [0.2, 0.25) is 5.75 Å². The molecule has 0 aliphatic rings. The van der Waals surface area contributed by atoms with Gasteiger partial charge in [-0.15, -0.1) is 0 Å². The second-order valence-electron chi connectivity index (χ2n) is 5.13. The van der Waals surface area contributed by atoms with Gasteiger partial charge in [0.05, 0.1) is 38.7 Å². The van der Waals surface area contributed by atoms with Gasteiger partial charge in [0, 0.05) is 21.5 Å². The van der Waals surface area contributed by atoms with Crippen LogP contribution in [0.25, 0.3) is 22.0 Å². The molecule has 0 aliphatic carbocycles. The van der Waals surface area contributed by atoms with E-state index < -0.39 is 0 Å². The smallest absolute Gasteiger partial charge is 0.203 e. The first-order valence-corrected chi connectivity index (χ1v) is 7.61. The minimum Gasteiger partial charge on any atom is -0.493 e. The second kappa shape index (κ2) is 6.45. The molecule has 0 radical (unpaired) electrons. The van der Waals surface area contributed by atoms with Gasteiger partial charge in [0.25, 0.3) is 0 Å². The number of anilines is 1. The minimum absolute atomic E-state index is 0.504. The zero-order valence-electron chi connectivity index (χ0n) is 13.6. The van der Waals surface area contributed by atoms with Crippen molar-refractivity contribution >= 4 is 28.2 Å². The number of pyridine rings is 1. The van der Waals surface area contributed by atoms with Gasteiger partial charge in [0.15, 0.2) is 11.5 Å². The van der Waals surface area contributed by atoms with E-state index in [1.54, 1.807) is 33.6 Å². The van der Waals surface area contributed by atoms with E-state index in [0.717, 1.165) is 22.0 Å². The van der Waals surface area contributed by atoms with Crippen molar-refractivity contribution in [3.8, 4) is 28.4 Å². The maximum atomic E-state index is 6.22. The van der Waals surface area contributed by atoms with Crippen LogP contribution < -0.4 is 19.9 Å². The molecule has 0 saturated carbocycles. The van der Waals surface area contributed by atoms with Gasteiger partial charge in [-0.1, -0.05) is 11.6 Å². The van der Waals surface area contributed by atoms with Crippen LogP contribution in [-0.2, 0) is 0 Å². The third-order valence-corrected chi connectivity index (χ3v) is 4.07. The number of halogens is 1. The Bertz CT molecular complexity index is 907. The van der Waals surface area contributed by atoms with Crippen LogP contribution in [0.1, 0.15) is 0 Å². The van der Waals surface area contributed by atoms with Crippen LogP contribution in [0.15, 0.2) is 36.5 Å². The fraction of sp³-hybridized carbons (Fsp3) is 0.167. The van der Waals surface area contributed by atoms with Crippen LogP contribution in [0.2, 0.25) is 5.02 Å². The lowest BCUT2D eigenvalue weighted by Crippen LogP contribution is -1.99. The Balaban J connectivity index is 2.39. The number of hydrogen-bond acceptors (Lipinski definition) is 5. The highest BCUT2D eigenvalue weighted by Gasteiger charge is 2.20. The molecule has 0 unspecified atom stereocenters. The highest BCUT2D eigenvalue weighted by Crippen LogP contribution is 2.47. The Hall–Kier alpha value is -2.66. The van der Waals surface area contributed by atoms with E-state index in [4.69, 9.17) is 31.5 Å². The van der Waals surface area contributed by atoms with Gasteiger partial charge in [0.1, 0.15) is 0 Å². The third-order valence-electron chi connectivity index (χ3n) is 3.83. The predicted octanol–water partition coefficient (Wildman–Crippen LogP) is 4.16. The molecule has 124 valence electrons. The Morgan fingerprint density at radius 2 is 1.71 bits per heavy atom. The molecule has 6 heteroatoms. The molecule has 1 heterocycles. The number of nitrogen functional groups attached to an aromatic ring is 1. The van der Waals surface area contributed by atoms with Crippen LogP contribution in [0.4, 0.5) is 5.69 Å². The standard InChI is InChI=1S/C18H17ClN2O3/c1-22-15-7-5-11(17(23-2)18(15)24-3)16-12-8-10(19)4-6-14(12)21-9-13(16)20/h4-9H,20H2,1-3H3. The molecule has 0 saturated heterocycles. The first-order valence-electron chi connectivity index (χ1n) is 7.23. The Labute approximate surface area is 144 Å². The van der Waals surface area contributed by atoms with Crippen LogP contribution in [0.3, 0.4) is 0 Å². The van der Waals surface area contributed by atoms with Crippen molar-refractivity contribution in [1.29, 1.82) is 0 Å². The second-order valence-corrected chi connectivity index (χ2v) is 5.57. The molecule has 0 aliphatic heterocycles. The number of nitrogens with two attached hydrogens (primary N) is 1. The average Bonchev–Trinajstić information content (AvgIpc) is 2.60. The van der Waals surface area contributed by atoms with E-state index in [2.05, 4.69) is 4.98 Å². The van der Waals surface area contributed by atoms with Crippen LogP contribution in [0, 0.1) is 0 Å². The summed E-state index contributed by atoms with van der Waals surface area (Å²) in [6, 6.07) is 9.18. The third kappa shape index (κ3) is 2.57. The van der Waals surface area contributed by atoms with Crippen molar-refractivity contribution in [3.05, 3.63) is 41.6 Å². The van der Waals surface area contributed by atoms with Gasteiger partial charge in [-0.25, -0.2) is 0 Å². The van der Waals surface area contributed by atoms with E-state index in [0.29, 0.717) is 28.0 Å². The lowest BCUT2D eigenvalue weighted by molar-refractivity contribution is 0.325. The van der Waals surface area contributed by atoms with Crippen molar-refractivity contribution < 1.29 is 14.2 Å². The number of fused-ring (bicyclic) bond motifs is 1. The number of methoxy groups -OCH3 is 3. The zero-order valence-corrected chi connectivity index (χ0v) is 14.3. The molecule has 0 bridgehead atoms. The molecule has 0 spiro atoms. The van der Waals surface area contributed by atoms with E-state index in [1.807, 2.05) is 24.3 Å². The lowest BCUT2D eigenvalue weighted by Gasteiger charge is -2.18. The molecule has 0 fully saturated rings. The summed E-state index contributed by atoms with van der Waals surface area (Å²) in [5.41, 5.74) is 9.11. The fourth-order valence-electron chi connectivity index (χ4n) is 2.78. The molecule has 5 nitrogen and oxygen atoms in total. The van der Waals surface area contributed by atoms with Crippen molar-refractivity contribution in [2.75, 3.05) is 27.1 Å². The van der Waals surface area contributed by atoms with Gasteiger partial charge in [-0.3, -0.25) is 4.98 Å². The maximum absolute atomic E-state index is 6.22. The molecule has 0 atom stereocenters. The van der Waals surface area contributed by atoms with E-state index >= 15 is 0 Å². The fourth-order valence-corrected chi connectivity index (χ4v) is 2.95. The number of benzene rings is 2. The summed E-state index contributed by atoms with van der Waals surface area (Å²) >= 11 is 6.17. The van der Waals surface area contributed by atoms with Crippen molar-refractivity contribution in [3.63, 3.8) is 0 Å². The molecular formula is C18H17ClN2O3. The number of hydrogen-bond donors (Lipinski definition) is 1. The molecular weight excluding hydrogens is 328 g/mol. The first-order chi connectivity index (χ1) is 11.6. The van der Waals surface area contributed by atoms with Crippen LogP contribution in [0.5, 0.6) is 17.2 Å². The van der Waals surface area contributed by atoms with E-state index in [9.17, 15) is 0 Å². The summed E-state index contributed by atoms with van der Waals surface area (Å²) in [7, 11) is 4.72. The molecule has 2 N–H and O–H groups in total. The Kier molecular flexibility index (Phi) is 4.36. The highest BCUT2D eigenvalue weighted by atomic mass is 35.5. The largest absolute Gasteiger partial charge is 0.493 e. The normalized spacial score (nSPS) is 10.7. The average molecular weight is 345 g/mol. The lowest BCUT2D eigenvalue weighted by atomic mass is 9.98.